The molecule has 0 fully saturated rings. The van der Waals surface area contributed by atoms with Gasteiger partial charge in [0.2, 0.25) is 0 Å². The summed E-state index contributed by atoms with van der Waals surface area (Å²) in [5, 5.41) is 8.76. The molecule has 0 aliphatic heterocycles. The minimum Gasteiger partial charge on any atom is -0.246 e. The van der Waals surface area contributed by atoms with Gasteiger partial charge < -0.3 is 0 Å². The molecule has 0 bridgehead atoms. The van der Waals surface area contributed by atoms with E-state index >= 15 is 0 Å². The van der Waals surface area contributed by atoms with Gasteiger partial charge in [0, 0.05) is 11.8 Å². The molecular weight excluding hydrogens is 304 g/mol. The highest BCUT2D eigenvalue weighted by molar-refractivity contribution is 5.42. The van der Waals surface area contributed by atoms with E-state index in [2.05, 4.69) is 54.1 Å². The first-order valence-corrected chi connectivity index (χ1v) is 9.29. The zero-order valence-electron chi connectivity index (χ0n) is 15.1. The predicted molar refractivity (Wildman–Crippen MR) is 103 cm³/mol. The lowest BCUT2D eigenvalue weighted by Crippen LogP contribution is -1.87. The van der Waals surface area contributed by atoms with E-state index in [1.54, 1.807) is 18.3 Å². The van der Waals surface area contributed by atoms with Gasteiger partial charge in [-0.25, -0.2) is 4.98 Å². The van der Waals surface area contributed by atoms with Crippen molar-refractivity contribution < 1.29 is 0 Å². The van der Waals surface area contributed by atoms with Crippen LogP contribution in [-0.4, -0.2) is 4.98 Å². The molecule has 0 saturated carbocycles. The number of aromatic nitrogens is 1. The summed E-state index contributed by atoms with van der Waals surface area (Å²) in [5.41, 5.74) is 3.62. The number of pyridine rings is 1. The van der Waals surface area contributed by atoms with Crippen molar-refractivity contribution in [1.82, 2.24) is 4.98 Å². The molecule has 2 rings (SSSR count). The fraction of sp³-hybridized carbons (Fsp3) is 0.391. The summed E-state index contributed by atoms with van der Waals surface area (Å²) in [4.78, 5) is 4.16. The van der Waals surface area contributed by atoms with Crippen molar-refractivity contribution >= 4 is 0 Å². The van der Waals surface area contributed by atoms with Gasteiger partial charge in [-0.15, -0.1) is 0 Å². The third kappa shape index (κ3) is 7.23. The van der Waals surface area contributed by atoms with Gasteiger partial charge in [0.05, 0.1) is 5.56 Å². The van der Waals surface area contributed by atoms with E-state index in [0.29, 0.717) is 11.3 Å². The number of hydrogen-bond acceptors (Lipinski definition) is 2. The van der Waals surface area contributed by atoms with E-state index in [4.69, 9.17) is 5.26 Å². The van der Waals surface area contributed by atoms with Crippen LogP contribution in [-0.2, 0) is 6.42 Å². The monoisotopic (exact) mass is 330 g/mol. The first kappa shape index (κ1) is 18.8. The van der Waals surface area contributed by atoms with Crippen LogP contribution in [0.4, 0.5) is 0 Å². The van der Waals surface area contributed by atoms with Gasteiger partial charge in [-0.05, 0) is 48.6 Å². The number of nitrogens with zero attached hydrogens (tertiary/aromatic N) is 2. The average molecular weight is 330 g/mol. The van der Waals surface area contributed by atoms with Crippen molar-refractivity contribution in [3.63, 3.8) is 0 Å². The Morgan fingerprint density at radius 3 is 2.12 bits per heavy atom. The van der Waals surface area contributed by atoms with Crippen LogP contribution in [0.25, 0.3) is 0 Å². The molecule has 2 nitrogen and oxygen atoms in total. The van der Waals surface area contributed by atoms with E-state index in [1.165, 1.54) is 50.5 Å². The second-order valence-electron chi connectivity index (χ2n) is 6.36. The van der Waals surface area contributed by atoms with Gasteiger partial charge in [0.25, 0.3) is 0 Å². The van der Waals surface area contributed by atoms with Gasteiger partial charge >= 0.3 is 0 Å². The molecule has 1 heterocycles. The van der Waals surface area contributed by atoms with Crippen LogP contribution < -0.4 is 0 Å². The molecule has 0 aliphatic carbocycles. The summed E-state index contributed by atoms with van der Waals surface area (Å²) < 4.78 is 0. The molecule has 2 heteroatoms. The van der Waals surface area contributed by atoms with Crippen LogP contribution in [0.1, 0.15) is 74.3 Å². The lowest BCUT2D eigenvalue weighted by molar-refractivity contribution is 0.589. The summed E-state index contributed by atoms with van der Waals surface area (Å²) in [7, 11) is 0. The molecule has 0 amide bonds. The summed E-state index contributed by atoms with van der Waals surface area (Å²) in [6.45, 7) is 2.26. The first-order valence-electron chi connectivity index (χ1n) is 9.29. The number of benzene rings is 1. The summed E-state index contributed by atoms with van der Waals surface area (Å²) in [6.07, 6.45) is 12.1. The second-order valence-corrected chi connectivity index (χ2v) is 6.36. The molecule has 1 aromatic heterocycles. The Hall–Kier alpha value is -2.58. The summed E-state index contributed by atoms with van der Waals surface area (Å²) >= 11 is 0. The molecule has 0 atom stereocenters. The lowest BCUT2D eigenvalue weighted by Gasteiger charge is -2.02. The largest absolute Gasteiger partial charge is 0.246 e. The van der Waals surface area contributed by atoms with Gasteiger partial charge in [0.15, 0.2) is 0 Å². The van der Waals surface area contributed by atoms with E-state index in [-0.39, 0.29) is 0 Å². The second kappa shape index (κ2) is 11.1. The fourth-order valence-corrected chi connectivity index (χ4v) is 2.71. The Bertz CT molecular complexity index is 725. The first-order chi connectivity index (χ1) is 12.3. The maximum Gasteiger partial charge on any atom is 0.113 e. The van der Waals surface area contributed by atoms with E-state index < -0.39 is 0 Å². The normalized spacial score (nSPS) is 9.92. The Labute approximate surface area is 151 Å². The standard InChI is InChI=1S/C23H26N2/c1-2-3-4-5-6-7-8-9-20-10-12-21(13-11-20)14-16-23-17-15-22(18-24)19-25-23/h10-13,15,17,19H,2-9H2,1H3. The number of hydrogen-bond donors (Lipinski definition) is 0. The van der Waals surface area contributed by atoms with Gasteiger partial charge in [-0.3, -0.25) is 0 Å². The zero-order valence-corrected chi connectivity index (χ0v) is 15.1. The molecule has 2 aromatic rings. The number of aryl methyl sites for hydroxylation is 1. The van der Waals surface area contributed by atoms with Gasteiger partial charge in [0.1, 0.15) is 11.8 Å². The van der Waals surface area contributed by atoms with Crippen molar-refractivity contribution in [1.29, 1.82) is 5.26 Å². The molecule has 25 heavy (non-hydrogen) atoms. The molecule has 0 saturated heterocycles. The maximum absolute atomic E-state index is 8.76. The van der Waals surface area contributed by atoms with Gasteiger partial charge in [-0.1, -0.05) is 63.5 Å². The van der Waals surface area contributed by atoms with Crippen molar-refractivity contribution in [2.45, 2.75) is 58.3 Å². The Balaban J connectivity index is 1.76. The van der Waals surface area contributed by atoms with Crippen LogP contribution in [0.2, 0.25) is 0 Å². The summed E-state index contributed by atoms with van der Waals surface area (Å²) in [5.74, 6) is 6.16. The molecular formula is C23H26N2. The number of rotatable bonds is 8. The minimum absolute atomic E-state index is 0.556. The minimum atomic E-state index is 0.556. The van der Waals surface area contributed by atoms with Crippen LogP contribution in [0, 0.1) is 23.2 Å². The van der Waals surface area contributed by atoms with Crippen molar-refractivity contribution in [2.24, 2.45) is 0 Å². The Morgan fingerprint density at radius 2 is 1.48 bits per heavy atom. The third-order valence-electron chi connectivity index (χ3n) is 4.25. The third-order valence-corrected chi connectivity index (χ3v) is 4.25. The maximum atomic E-state index is 8.76. The molecule has 0 aliphatic rings. The van der Waals surface area contributed by atoms with E-state index in [0.717, 1.165) is 12.0 Å². The Kier molecular flexibility index (Phi) is 8.30. The van der Waals surface area contributed by atoms with Gasteiger partial charge in [-0.2, -0.15) is 5.26 Å². The van der Waals surface area contributed by atoms with Crippen LogP contribution in [0.15, 0.2) is 42.6 Å². The SMILES string of the molecule is CCCCCCCCCc1ccc(C#Cc2ccc(C#N)cn2)cc1. The highest BCUT2D eigenvalue weighted by atomic mass is 14.7. The van der Waals surface area contributed by atoms with Crippen molar-refractivity contribution in [3.8, 4) is 17.9 Å². The quantitative estimate of drug-likeness (QED) is 0.463. The fourth-order valence-electron chi connectivity index (χ4n) is 2.71. The number of nitriles is 1. The van der Waals surface area contributed by atoms with Crippen molar-refractivity contribution in [3.05, 3.63) is 65.0 Å². The average Bonchev–Trinajstić information content (AvgIpc) is 2.67. The summed E-state index contributed by atoms with van der Waals surface area (Å²) in [6, 6.07) is 14.1. The highest BCUT2D eigenvalue weighted by Gasteiger charge is 1.96. The molecule has 0 spiro atoms. The lowest BCUT2D eigenvalue weighted by atomic mass is 10.0. The predicted octanol–water partition coefficient (Wildman–Crippen LogP) is 5.65. The highest BCUT2D eigenvalue weighted by Crippen LogP contribution is 2.11. The number of unbranched alkanes of at least 4 members (excludes halogenated alkanes) is 6. The molecule has 0 radical (unpaired) electrons. The van der Waals surface area contributed by atoms with Crippen LogP contribution in [0.5, 0.6) is 0 Å². The molecule has 0 unspecified atom stereocenters. The smallest absolute Gasteiger partial charge is 0.113 e. The van der Waals surface area contributed by atoms with Crippen LogP contribution in [0.3, 0.4) is 0 Å². The topological polar surface area (TPSA) is 36.7 Å². The molecule has 1 aromatic carbocycles. The van der Waals surface area contributed by atoms with E-state index in [1.807, 2.05) is 0 Å². The molecule has 0 N–H and O–H groups in total. The van der Waals surface area contributed by atoms with Crippen LogP contribution >= 0.6 is 0 Å². The van der Waals surface area contributed by atoms with Crippen molar-refractivity contribution in [2.75, 3.05) is 0 Å². The zero-order chi connectivity index (χ0) is 17.7. The Morgan fingerprint density at radius 1 is 0.800 bits per heavy atom. The molecule has 128 valence electrons. The van der Waals surface area contributed by atoms with E-state index in [9.17, 15) is 0 Å².